The first-order valence-corrected chi connectivity index (χ1v) is 34.1. The fourth-order valence-corrected chi connectivity index (χ4v) is 11.3. The number of alkyl halides is 6. The van der Waals surface area contributed by atoms with Crippen LogP contribution in [0, 0.1) is 11.3 Å². The number of amides is 10. The summed E-state index contributed by atoms with van der Waals surface area (Å²) in [6, 6.07) is 34.0. The van der Waals surface area contributed by atoms with Crippen LogP contribution in [0.5, 0.6) is 34.5 Å². The van der Waals surface area contributed by atoms with Crippen molar-refractivity contribution >= 4 is 209 Å². The van der Waals surface area contributed by atoms with Crippen molar-refractivity contribution in [3.05, 3.63) is 224 Å². The maximum absolute atomic E-state index is 12.4. The summed E-state index contributed by atoms with van der Waals surface area (Å²) in [6.07, 6.45) is -3.76. The summed E-state index contributed by atoms with van der Waals surface area (Å²) in [7, 11) is 0. The minimum Gasteiger partial charge on any atom is -0.504 e. The average Bonchev–Trinajstić information content (AvgIpc) is 0.860. The molecule has 1 aliphatic carbocycles. The number of nitriles is 1. The van der Waals surface area contributed by atoms with Crippen LogP contribution in [0.1, 0.15) is 43.2 Å². The van der Waals surface area contributed by atoms with E-state index >= 15 is 0 Å². The third kappa shape index (κ3) is 29.2. The number of aromatic hydroxyl groups is 5. The number of urea groups is 5. The SMILES string of the molecule is N#Cc1ccc(NC(=O)Nc2cc(Cl)cc(Cl)c2O)cc1.O=C(Nc1cc(Cl)cc(Cl)c1O)NC1CCCCC1.O=C(Nc1ccc(C(F)(F)F)cc1)Nc1cc(Cl)cc(Cl)c1O.O=C(Nc1ccc(Cl)cc1)Nc1cc(Cl)cc(Cl)c1O.O=C(Nc1ccc(OC(F)(F)F)cc1)Nc1cc(Cl)cc(Cl)c1O. The molecule has 1 saturated carbocycles. The largest absolute Gasteiger partial charge is 0.573 e. The van der Waals surface area contributed by atoms with Crippen LogP contribution in [0.4, 0.5) is 102 Å². The van der Waals surface area contributed by atoms with Gasteiger partial charge in [-0.05, 0) is 171 Å². The van der Waals surface area contributed by atoms with Crippen LogP contribution in [-0.2, 0) is 6.18 Å². The van der Waals surface area contributed by atoms with Crippen LogP contribution in [0.3, 0.4) is 0 Å². The molecule has 564 valence electrons. The van der Waals surface area contributed by atoms with E-state index in [-0.39, 0.29) is 121 Å². The Hall–Kier alpha value is -9.61. The molecule has 15 N–H and O–H groups in total. The molecular weight excluding hydrogens is 1650 g/mol. The van der Waals surface area contributed by atoms with Gasteiger partial charge in [0, 0.05) is 58.9 Å². The fraction of sp³-hybridized carbons (Fsp3) is 0.118. The lowest BCUT2D eigenvalue weighted by Gasteiger charge is -2.23. The molecule has 9 aromatic rings. The van der Waals surface area contributed by atoms with Gasteiger partial charge in [-0.2, -0.15) is 18.4 Å². The second-order valence-corrected chi connectivity index (χ2v) is 26.2. The summed E-state index contributed by atoms with van der Waals surface area (Å²) in [5.74, 6) is -1.86. The molecule has 0 radical (unpaired) electrons. The quantitative estimate of drug-likeness (QED) is 0.0424. The lowest BCUT2D eigenvalue weighted by atomic mass is 9.96. The molecule has 0 heterocycles. The van der Waals surface area contributed by atoms with Gasteiger partial charge in [-0.15, -0.1) is 13.2 Å². The molecule has 0 spiro atoms. The fourth-order valence-electron chi connectivity index (χ4n) is 8.68. The molecule has 9 aromatic carbocycles. The van der Waals surface area contributed by atoms with Crippen molar-refractivity contribution in [3.63, 3.8) is 0 Å². The predicted molar refractivity (Wildman–Crippen MR) is 407 cm³/mol. The van der Waals surface area contributed by atoms with Crippen molar-refractivity contribution in [1.29, 1.82) is 5.26 Å². The van der Waals surface area contributed by atoms with Gasteiger partial charge in [0.2, 0.25) is 0 Å². The third-order valence-corrected chi connectivity index (χ3v) is 16.3. The number of phenolic OH excluding ortho intramolecular Hbond substituents is 5. The molecule has 0 unspecified atom stereocenters. The summed E-state index contributed by atoms with van der Waals surface area (Å²) < 4.78 is 77.2. The molecule has 10 rings (SSSR count). The molecule has 10 amide bonds. The number of rotatable bonds is 11. The molecule has 107 heavy (non-hydrogen) atoms. The molecule has 0 saturated heterocycles. The number of carbonyl (C=O) groups excluding carboxylic acids is 5. The summed E-state index contributed by atoms with van der Waals surface area (Å²) in [4.78, 5) is 59.1. The van der Waals surface area contributed by atoms with Crippen molar-refractivity contribution in [1.82, 2.24) is 5.32 Å². The number of hydrogen-bond donors (Lipinski definition) is 15. The molecule has 0 aliphatic heterocycles. The van der Waals surface area contributed by atoms with Gasteiger partial charge in [0.15, 0.2) is 28.7 Å². The Balaban J connectivity index is 0.000000210. The molecule has 0 bridgehead atoms. The molecule has 1 aliphatic rings. The highest BCUT2D eigenvalue weighted by Gasteiger charge is 2.32. The van der Waals surface area contributed by atoms with Crippen LogP contribution in [0.25, 0.3) is 0 Å². The summed E-state index contributed by atoms with van der Waals surface area (Å²) >= 11 is 63.4. The van der Waals surface area contributed by atoms with Gasteiger partial charge in [0.25, 0.3) is 0 Å². The molecular formula is C68H52Cl11F6N11O11. The third-order valence-electron chi connectivity index (χ3n) is 13.5. The highest BCUT2D eigenvalue weighted by molar-refractivity contribution is 6.39. The minimum absolute atomic E-state index is 0.0259. The Morgan fingerprint density at radius 3 is 0.916 bits per heavy atom. The molecule has 0 atom stereocenters. The second-order valence-electron chi connectivity index (χ2n) is 21.5. The smallest absolute Gasteiger partial charge is 0.504 e. The summed E-state index contributed by atoms with van der Waals surface area (Å²) in [5, 5.41) is 84.1. The highest BCUT2D eigenvalue weighted by Crippen LogP contribution is 2.40. The van der Waals surface area contributed by atoms with E-state index in [2.05, 4.69) is 57.9 Å². The van der Waals surface area contributed by atoms with Crippen LogP contribution in [0.2, 0.25) is 55.2 Å². The van der Waals surface area contributed by atoms with Gasteiger partial charge >= 0.3 is 42.7 Å². The van der Waals surface area contributed by atoms with Crippen molar-refractivity contribution in [2.75, 3.05) is 47.9 Å². The minimum atomic E-state index is -4.80. The number of nitrogens with one attached hydrogen (secondary N) is 10. The van der Waals surface area contributed by atoms with E-state index < -0.39 is 48.0 Å². The van der Waals surface area contributed by atoms with E-state index in [9.17, 15) is 75.8 Å². The van der Waals surface area contributed by atoms with E-state index in [0.717, 1.165) is 62.1 Å². The zero-order valence-electron chi connectivity index (χ0n) is 53.7. The number of ether oxygens (including phenoxy) is 1. The lowest BCUT2D eigenvalue weighted by Crippen LogP contribution is -2.39. The number of anilines is 9. The maximum atomic E-state index is 12.4. The molecule has 39 heteroatoms. The molecule has 0 aromatic heterocycles. The number of hydrogen-bond acceptors (Lipinski definition) is 12. The van der Waals surface area contributed by atoms with Crippen molar-refractivity contribution in [2.45, 2.75) is 50.7 Å². The first kappa shape index (κ1) is 86.3. The number of halogens is 17. The van der Waals surface area contributed by atoms with E-state index in [1.54, 1.807) is 48.5 Å². The molecule has 22 nitrogen and oxygen atoms in total. The Morgan fingerprint density at radius 1 is 0.364 bits per heavy atom. The molecule has 1 fully saturated rings. The first-order chi connectivity index (χ1) is 50.3. The number of phenols is 5. The van der Waals surface area contributed by atoms with Crippen molar-refractivity contribution in [3.8, 4) is 40.6 Å². The van der Waals surface area contributed by atoms with E-state index in [1.807, 2.05) is 6.07 Å². The van der Waals surface area contributed by atoms with Crippen LogP contribution >= 0.6 is 128 Å². The number of carbonyl (C=O) groups is 5. The Morgan fingerprint density at radius 2 is 0.636 bits per heavy atom. The zero-order valence-corrected chi connectivity index (χ0v) is 62.0. The van der Waals surface area contributed by atoms with Gasteiger partial charge in [0.1, 0.15) is 5.75 Å². The van der Waals surface area contributed by atoms with Crippen molar-refractivity contribution < 1.29 is 80.6 Å². The van der Waals surface area contributed by atoms with Crippen LogP contribution in [-0.4, -0.2) is 68.1 Å². The second kappa shape index (κ2) is 40.4. The Bertz CT molecular complexity index is 4690. The first-order valence-electron chi connectivity index (χ1n) is 29.9. The van der Waals surface area contributed by atoms with Crippen LogP contribution in [0.15, 0.2) is 158 Å². The number of benzene rings is 9. The van der Waals surface area contributed by atoms with Gasteiger partial charge in [0.05, 0.1) is 70.7 Å². The maximum Gasteiger partial charge on any atom is 0.573 e. The van der Waals surface area contributed by atoms with E-state index in [0.29, 0.717) is 32.0 Å². The lowest BCUT2D eigenvalue weighted by molar-refractivity contribution is -0.274. The topological polar surface area (TPSA) is 340 Å². The standard InChI is InChI=1S/C14H9Cl2F3N2O3.C14H9Cl2F3N2O2.C14H9Cl2N3O2.C13H9Cl3N2O2.C13H16Cl2N2O2/c15-7-5-10(16)12(22)11(6-7)21-13(23)20-8-1-3-9(4-2-8)24-14(17,18)19;15-8-5-10(16)12(22)11(6-8)21-13(23)20-9-3-1-7(2-4-9)14(17,18)19;15-9-5-11(16)13(20)12(6-9)19-14(21)18-10-3-1-8(7-17)2-4-10;14-7-1-3-9(4-2-7)17-13(20)18-11-6-8(15)5-10(16)12(11)19;14-8-6-10(15)12(18)11(7-8)17-13(19)16-9-4-2-1-3-5-9/h1-6,22H,(H2,20,21,23);1-6,22H,(H2,20,21,23);1-6,20H,(H2,18,19,21);1-6,19H,(H2,17,18,20);6-7,9,18H,1-5H2,(H2,16,17,19). The van der Waals surface area contributed by atoms with Gasteiger partial charge in [-0.3, -0.25) is 0 Å². The number of nitrogens with zero attached hydrogens (tertiary/aromatic N) is 1. The predicted octanol–water partition coefficient (Wildman–Crippen LogP) is 24.0. The van der Waals surface area contributed by atoms with E-state index in [1.165, 1.54) is 79.2 Å². The van der Waals surface area contributed by atoms with Gasteiger partial charge in [-0.1, -0.05) is 147 Å². The van der Waals surface area contributed by atoms with Gasteiger partial charge < -0.3 is 83.4 Å². The average molecular weight is 1700 g/mol. The summed E-state index contributed by atoms with van der Waals surface area (Å²) in [6.45, 7) is 0. The Kier molecular flexibility index (Phi) is 32.6. The van der Waals surface area contributed by atoms with Gasteiger partial charge in [-0.25, -0.2) is 24.0 Å². The normalized spacial score (nSPS) is 11.6. The Labute approximate surface area is 658 Å². The zero-order chi connectivity index (χ0) is 79.0. The summed E-state index contributed by atoms with van der Waals surface area (Å²) in [5.41, 5.74) is 1.42. The highest BCUT2D eigenvalue weighted by atomic mass is 35.5. The monoisotopic (exact) mass is 1700 g/mol. The van der Waals surface area contributed by atoms with Crippen molar-refractivity contribution in [2.24, 2.45) is 0 Å². The van der Waals surface area contributed by atoms with E-state index in [4.69, 9.17) is 133 Å². The van der Waals surface area contributed by atoms with Crippen LogP contribution < -0.4 is 57.9 Å².